The molecule has 1 saturated heterocycles. The molecule has 18 heavy (non-hydrogen) atoms. The fraction of sp³-hybridized carbons (Fsp3) is 0.643. The molecule has 1 N–H and O–H groups in total. The number of morpholine rings is 1. The lowest BCUT2D eigenvalue weighted by Crippen LogP contribution is -2.37. The second-order valence-electron chi connectivity index (χ2n) is 4.70. The van der Waals surface area contributed by atoms with Crippen molar-refractivity contribution in [1.82, 2.24) is 10.3 Å². The SMILES string of the molecule is CCCc1cc(CNC)cc(N2CCOCC2)n1. The summed E-state index contributed by atoms with van der Waals surface area (Å²) >= 11 is 0. The maximum atomic E-state index is 5.39. The van der Waals surface area contributed by atoms with Crippen LogP contribution in [0, 0.1) is 0 Å². The molecule has 1 aliphatic rings. The van der Waals surface area contributed by atoms with Crippen LogP contribution in [-0.4, -0.2) is 38.3 Å². The molecule has 0 spiro atoms. The van der Waals surface area contributed by atoms with Crippen LogP contribution in [-0.2, 0) is 17.7 Å². The van der Waals surface area contributed by atoms with Gasteiger partial charge in [0.25, 0.3) is 0 Å². The molecule has 100 valence electrons. The van der Waals surface area contributed by atoms with Gasteiger partial charge in [-0.05, 0) is 31.2 Å². The van der Waals surface area contributed by atoms with Gasteiger partial charge in [0.1, 0.15) is 5.82 Å². The Hall–Kier alpha value is -1.13. The molecular formula is C14H23N3O. The summed E-state index contributed by atoms with van der Waals surface area (Å²) in [6, 6.07) is 4.41. The summed E-state index contributed by atoms with van der Waals surface area (Å²) in [6.07, 6.45) is 2.19. The number of hydrogen-bond donors (Lipinski definition) is 1. The first kappa shape index (κ1) is 13.3. The maximum absolute atomic E-state index is 5.39. The molecule has 0 bridgehead atoms. The van der Waals surface area contributed by atoms with Crippen LogP contribution in [0.3, 0.4) is 0 Å². The number of aryl methyl sites for hydroxylation is 1. The average molecular weight is 249 g/mol. The third kappa shape index (κ3) is 3.43. The Bertz CT molecular complexity index is 351. The predicted octanol–water partition coefficient (Wildman–Crippen LogP) is 1.59. The Balaban J connectivity index is 2.20. The molecule has 2 rings (SSSR count). The number of nitrogens with one attached hydrogen (secondary N) is 1. The normalized spacial score (nSPS) is 16.0. The molecule has 0 saturated carbocycles. The number of nitrogens with zero attached hydrogens (tertiary/aromatic N) is 2. The summed E-state index contributed by atoms with van der Waals surface area (Å²) < 4.78 is 5.39. The van der Waals surface area contributed by atoms with Gasteiger partial charge in [0.2, 0.25) is 0 Å². The van der Waals surface area contributed by atoms with E-state index < -0.39 is 0 Å². The van der Waals surface area contributed by atoms with Gasteiger partial charge < -0.3 is 15.0 Å². The van der Waals surface area contributed by atoms with Crippen molar-refractivity contribution in [2.24, 2.45) is 0 Å². The lowest BCUT2D eigenvalue weighted by Gasteiger charge is -2.28. The molecule has 0 unspecified atom stereocenters. The smallest absolute Gasteiger partial charge is 0.129 e. The molecular weight excluding hydrogens is 226 g/mol. The van der Waals surface area contributed by atoms with Crippen LogP contribution < -0.4 is 10.2 Å². The number of pyridine rings is 1. The van der Waals surface area contributed by atoms with E-state index in [1.54, 1.807) is 0 Å². The van der Waals surface area contributed by atoms with Crippen LogP contribution in [0.4, 0.5) is 5.82 Å². The zero-order valence-electron chi connectivity index (χ0n) is 11.4. The second-order valence-corrected chi connectivity index (χ2v) is 4.70. The molecule has 1 aromatic rings. The van der Waals surface area contributed by atoms with Crippen molar-refractivity contribution in [2.45, 2.75) is 26.3 Å². The van der Waals surface area contributed by atoms with E-state index in [1.165, 1.54) is 11.3 Å². The Morgan fingerprint density at radius 1 is 1.33 bits per heavy atom. The van der Waals surface area contributed by atoms with E-state index >= 15 is 0 Å². The van der Waals surface area contributed by atoms with Crippen molar-refractivity contribution >= 4 is 5.82 Å². The summed E-state index contributed by atoms with van der Waals surface area (Å²) in [7, 11) is 1.98. The number of anilines is 1. The summed E-state index contributed by atoms with van der Waals surface area (Å²) in [5.74, 6) is 1.11. The van der Waals surface area contributed by atoms with Crippen molar-refractivity contribution in [3.05, 3.63) is 23.4 Å². The highest BCUT2D eigenvalue weighted by Crippen LogP contribution is 2.17. The summed E-state index contributed by atoms with van der Waals surface area (Å²) in [6.45, 7) is 6.60. The molecule has 1 fully saturated rings. The van der Waals surface area contributed by atoms with E-state index in [1.807, 2.05) is 7.05 Å². The fourth-order valence-corrected chi connectivity index (χ4v) is 2.28. The number of rotatable bonds is 5. The minimum absolute atomic E-state index is 0.807. The van der Waals surface area contributed by atoms with Crippen LogP contribution in [0.2, 0.25) is 0 Å². The highest BCUT2D eigenvalue weighted by Gasteiger charge is 2.13. The van der Waals surface area contributed by atoms with E-state index in [4.69, 9.17) is 9.72 Å². The first-order chi connectivity index (χ1) is 8.83. The van der Waals surface area contributed by atoms with Gasteiger partial charge in [-0.2, -0.15) is 0 Å². The third-order valence-corrected chi connectivity index (χ3v) is 3.15. The van der Waals surface area contributed by atoms with Crippen molar-refractivity contribution < 1.29 is 4.74 Å². The van der Waals surface area contributed by atoms with E-state index in [-0.39, 0.29) is 0 Å². The average Bonchev–Trinajstić information content (AvgIpc) is 2.40. The third-order valence-electron chi connectivity index (χ3n) is 3.15. The van der Waals surface area contributed by atoms with Crippen molar-refractivity contribution in [3.63, 3.8) is 0 Å². The first-order valence-electron chi connectivity index (χ1n) is 6.80. The van der Waals surface area contributed by atoms with Gasteiger partial charge in [-0.15, -0.1) is 0 Å². The standard InChI is InChI=1S/C14H23N3O/c1-3-4-13-9-12(11-15-2)10-14(16-13)17-5-7-18-8-6-17/h9-10,15H,3-8,11H2,1-2H3. The number of ether oxygens (including phenoxy) is 1. The topological polar surface area (TPSA) is 37.4 Å². The van der Waals surface area contributed by atoms with Crippen LogP contribution in [0.5, 0.6) is 0 Å². The number of hydrogen-bond acceptors (Lipinski definition) is 4. The fourth-order valence-electron chi connectivity index (χ4n) is 2.28. The maximum Gasteiger partial charge on any atom is 0.129 e. The lowest BCUT2D eigenvalue weighted by molar-refractivity contribution is 0.122. The second kappa shape index (κ2) is 6.71. The minimum Gasteiger partial charge on any atom is -0.378 e. The van der Waals surface area contributed by atoms with Crippen LogP contribution in [0.15, 0.2) is 12.1 Å². The lowest BCUT2D eigenvalue weighted by atomic mass is 10.1. The Morgan fingerprint density at radius 2 is 2.11 bits per heavy atom. The van der Waals surface area contributed by atoms with E-state index in [0.717, 1.165) is 51.5 Å². The molecule has 1 aliphatic heterocycles. The Labute approximate surface area is 109 Å². The summed E-state index contributed by atoms with van der Waals surface area (Å²) in [4.78, 5) is 7.09. The molecule has 2 heterocycles. The molecule has 0 amide bonds. The summed E-state index contributed by atoms with van der Waals surface area (Å²) in [5, 5.41) is 3.21. The van der Waals surface area contributed by atoms with E-state index in [9.17, 15) is 0 Å². The van der Waals surface area contributed by atoms with Crippen molar-refractivity contribution in [3.8, 4) is 0 Å². The Kier molecular flexibility index (Phi) is 4.96. The van der Waals surface area contributed by atoms with Gasteiger partial charge in [0, 0.05) is 25.3 Å². The van der Waals surface area contributed by atoms with Gasteiger partial charge in [0.15, 0.2) is 0 Å². The van der Waals surface area contributed by atoms with Gasteiger partial charge in [-0.1, -0.05) is 13.3 Å². The van der Waals surface area contributed by atoms with Crippen molar-refractivity contribution in [2.75, 3.05) is 38.3 Å². The molecule has 0 aromatic carbocycles. The van der Waals surface area contributed by atoms with Crippen LogP contribution >= 0.6 is 0 Å². The zero-order valence-corrected chi connectivity index (χ0v) is 11.4. The predicted molar refractivity (Wildman–Crippen MR) is 74.0 cm³/mol. The zero-order chi connectivity index (χ0) is 12.8. The summed E-state index contributed by atoms with van der Waals surface area (Å²) in [5.41, 5.74) is 2.52. The van der Waals surface area contributed by atoms with Gasteiger partial charge in [0.05, 0.1) is 13.2 Å². The first-order valence-corrected chi connectivity index (χ1v) is 6.80. The molecule has 0 aliphatic carbocycles. The quantitative estimate of drug-likeness (QED) is 0.860. The minimum atomic E-state index is 0.807. The van der Waals surface area contributed by atoms with Crippen LogP contribution in [0.25, 0.3) is 0 Å². The molecule has 4 nitrogen and oxygen atoms in total. The van der Waals surface area contributed by atoms with Gasteiger partial charge in [-0.3, -0.25) is 0 Å². The number of aromatic nitrogens is 1. The molecule has 1 aromatic heterocycles. The molecule has 4 heteroatoms. The van der Waals surface area contributed by atoms with Crippen molar-refractivity contribution in [1.29, 1.82) is 0 Å². The molecule has 0 radical (unpaired) electrons. The highest BCUT2D eigenvalue weighted by atomic mass is 16.5. The van der Waals surface area contributed by atoms with E-state index in [2.05, 4.69) is 29.3 Å². The van der Waals surface area contributed by atoms with Gasteiger partial charge in [-0.25, -0.2) is 4.98 Å². The highest BCUT2D eigenvalue weighted by molar-refractivity contribution is 5.43. The van der Waals surface area contributed by atoms with E-state index in [0.29, 0.717) is 0 Å². The molecule has 0 atom stereocenters. The monoisotopic (exact) mass is 249 g/mol. The van der Waals surface area contributed by atoms with Crippen LogP contribution in [0.1, 0.15) is 24.6 Å². The Morgan fingerprint density at radius 3 is 2.78 bits per heavy atom. The largest absolute Gasteiger partial charge is 0.378 e. The van der Waals surface area contributed by atoms with Gasteiger partial charge >= 0.3 is 0 Å².